The number of hydrogen-bond acceptors (Lipinski definition) is 5. The Balaban J connectivity index is 1.88. The lowest BCUT2D eigenvalue weighted by Gasteiger charge is -2.32. The van der Waals surface area contributed by atoms with Gasteiger partial charge >= 0.3 is 0 Å². The fourth-order valence-electron chi connectivity index (χ4n) is 2.03. The van der Waals surface area contributed by atoms with Crippen molar-refractivity contribution >= 4 is 5.91 Å². The van der Waals surface area contributed by atoms with Crippen LogP contribution in [0.1, 0.15) is 31.5 Å². The van der Waals surface area contributed by atoms with Crippen LogP contribution in [-0.2, 0) is 11.3 Å². The van der Waals surface area contributed by atoms with Crippen LogP contribution in [0.5, 0.6) is 0 Å². The highest BCUT2D eigenvalue weighted by Crippen LogP contribution is 2.25. The van der Waals surface area contributed by atoms with Crippen LogP contribution in [0, 0.1) is 12.3 Å². The second-order valence-corrected chi connectivity index (χ2v) is 4.76. The van der Waals surface area contributed by atoms with E-state index < -0.39 is 0 Å². The Morgan fingerprint density at radius 2 is 2.47 bits per heavy atom. The minimum absolute atomic E-state index is 0.0422. The average molecular weight is 238 g/mol. The number of piperidine rings is 1. The summed E-state index contributed by atoms with van der Waals surface area (Å²) < 4.78 is 4.94. The van der Waals surface area contributed by atoms with Gasteiger partial charge < -0.3 is 15.2 Å². The monoisotopic (exact) mass is 238 g/mol. The highest BCUT2D eigenvalue weighted by molar-refractivity contribution is 5.82. The first kappa shape index (κ1) is 12.0. The zero-order valence-corrected chi connectivity index (χ0v) is 10.2. The molecule has 0 bridgehead atoms. The maximum Gasteiger partial charge on any atom is 0.246 e. The Kier molecular flexibility index (Phi) is 3.42. The third-order valence-electron chi connectivity index (χ3n) is 3.12. The van der Waals surface area contributed by atoms with Crippen molar-refractivity contribution in [1.29, 1.82) is 0 Å². The van der Waals surface area contributed by atoms with Crippen molar-refractivity contribution in [1.82, 2.24) is 20.8 Å². The number of carbonyl (C=O) groups is 1. The summed E-state index contributed by atoms with van der Waals surface area (Å²) in [6.07, 6.45) is 1.94. The van der Waals surface area contributed by atoms with Crippen LogP contribution in [-0.4, -0.2) is 29.1 Å². The number of hydrogen-bond donors (Lipinski definition) is 2. The van der Waals surface area contributed by atoms with Gasteiger partial charge in [-0.05, 0) is 33.2 Å². The lowest BCUT2D eigenvalue weighted by Crippen LogP contribution is -2.48. The van der Waals surface area contributed by atoms with Crippen molar-refractivity contribution in [2.45, 2.75) is 33.2 Å². The second kappa shape index (κ2) is 4.83. The maximum atomic E-state index is 12.1. The standard InChI is InChI=1S/C11H18N4O2/c1-8-14-9(17-15-8)6-13-10(16)11(2)4-3-5-12-7-11/h12H,3-7H2,1-2H3,(H,13,16). The van der Waals surface area contributed by atoms with Crippen molar-refractivity contribution in [2.75, 3.05) is 13.1 Å². The van der Waals surface area contributed by atoms with Gasteiger partial charge in [0.2, 0.25) is 11.8 Å². The van der Waals surface area contributed by atoms with Crippen LogP contribution in [0.15, 0.2) is 4.52 Å². The van der Waals surface area contributed by atoms with Gasteiger partial charge in [0.05, 0.1) is 12.0 Å². The van der Waals surface area contributed by atoms with E-state index in [0.29, 0.717) is 18.3 Å². The fourth-order valence-corrected chi connectivity index (χ4v) is 2.03. The van der Waals surface area contributed by atoms with Crippen molar-refractivity contribution < 1.29 is 9.32 Å². The van der Waals surface area contributed by atoms with Crippen LogP contribution >= 0.6 is 0 Å². The molecule has 1 aromatic heterocycles. The Morgan fingerprint density at radius 1 is 1.65 bits per heavy atom. The molecule has 6 nitrogen and oxygen atoms in total. The molecule has 94 valence electrons. The molecule has 0 radical (unpaired) electrons. The fraction of sp³-hybridized carbons (Fsp3) is 0.727. The number of nitrogens with one attached hydrogen (secondary N) is 2. The molecule has 1 amide bonds. The molecule has 0 saturated carbocycles. The van der Waals surface area contributed by atoms with Crippen LogP contribution in [0.4, 0.5) is 0 Å². The van der Waals surface area contributed by atoms with Gasteiger partial charge in [-0.25, -0.2) is 0 Å². The lowest BCUT2D eigenvalue weighted by molar-refractivity contribution is -0.131. The van der Waals surface area contributed by atoms with Crippen molar-refractivity contribution in [3.8, 4) is 0 Å². The molecule has 0 aromatic carbocycles. The number of rotatable bonds is 3. The number of amides is 1. The Morgan fingerprint density at radius 3 is 3.06 bits per heavy atom. The molecule has 2 N–H and O–H groups in total. The summed E-state index contributed by atoms with van der Waals surface area (Å²) in [4.78, 5) is 16.1. The topological polar surface area (TPSA) is 80.0 Å². The van der Waals surface area contributed by atoms with Crippen LogP contribution in [0.25, 0.3) is 0 Å². The van der Waals surface area contributed by atoms with Gasteiger partial charge in [0, 0.05) is 6.54 Å². The van der Waals surface area contributed by atoms with E-state index in [9.17, 15) is 4.79 Å². The zero-order chi connectivity index (χ0) is 12.3. The molecular weight excluding hydrogens is 220 g/mol. The van der Waals surface area contributed by atoms with Gasteiger partial charge in [0.15, 0.2) is 5.82 Å². The minimum Gasteiger partial charge on any atom is -0.347 e. The first-order valence-electron chi connectivity index (χ1n) is 5.88. The number of nitrogens with zero attached hydrogens (tertiary/aromatic N) is 2. The molecule has 0 spiro atoms. The predicted molar refractivity (Wildman–Crippen MR) is 61.1 cm³/mol. The molecule has 1 aromatic rings. The molecule has 1 atom stereocenters. The lowest BCUT2D eigenvalue weighted by atomic mass is 9.82. The van der Waals surface area contributed by atoms with Crippen molar-refractivity contribution in [2.24, 2.45) is 5.41 Å². The number of aryl methyl sites for hydroxylation is 1. The van der Waals surface area contributed by atoms with E-state index in [1.54, 1.807) is 6.92 Å². The van der Waals surface area contributed by atoms with Crippen molar-refractivity contribution in [3.63, 3.8) is 0 Å². The third-order valence-corrected chi connectivity index (χ3v) is 3.12. The van der Waals surface area contributed by atoms with E-state index in [4.69, 9.17) is 4.52 Å². The molecule has 1 aliphatic rings. The minimum atomic E-state index is -0.326. The van der Waals surface area contributed by atoms with Crippen LogP contribution in [0.3, 0.4) is 0 Å². The highest BCUT2D eigenvalue weighted by atomic mass is 16.5. The summed E-state index contributed by atoms with van der Waals surface area (Å²) in [6, 6.07) is 0. The summed E-state index contributed by atoms with van der Waals surface area (Å²) in [5.41, 5.74) is -0.326. The summed E-state index contributed by atoms with van der Waals surface area (Å²) in [5.74, 6) is 1.07. The normalized spacial score (nSPS) is 24.6. The van der Waals surface area contributed by atoms with Gasteiger partial charge in [-0.15, -0.1) is 0 Å². The Hall–Kier alpha value is -1.43. The van der Waals surface area contributed by atoms with Gasteiger partial charge in [0.25, 0.3) is 0 Å². The number of aromatic nitrogens is 2. The van der Waals surface area contributed by atoms with E-state index in [1.165, 1.54) is 0 Å². The zero-order valence-electron chi connectivity index (χ0n) is 10.2. The van der Waals surface area contributed by atoms with E-state index in [2.05, 4.69) is 20.8 Å². The summed E-state index contributed by atoms with van der Waals surface area (Å²) in [7, 11) is 0. The Labute approximate surface area is 100 Å². The van der Waals surface area contributed by atoms with Gasteiger partial charge in [0.1, 0.15) is 0 Å². The molecule has 1 saturated heterocycles. The number of carbonyl (C=O) groups excluding carboxylic acids is 1. The van der Waals surface area contributed by atoms with Crippen LogP contribution < -0.4 is 10.6 Å². The molecule has 6 heteroatoms. The molecule has 0 aliphatic carbocycles. The van der Waals surface area contributed by atoms with E-state index in [0.717, 1.165) is 25.9 Å². The second-order valence-electron chi connectivity index (χ2n) is 4.76. The Bertz CT molecular complexity index is 396. The summed E-state index contributed by atoms with van der Waals surface area (Å²) in [6.45, 7) is 5.75. The molecule has 1 aliphatic heterocycles. The first-order valence-corrected chi connectivity index (χ1v) is 5.88. The molecule has 2 heterocycles. The quantitative estimate of drug-likeness (QED) is 0.796. The highest BCUT2D eigenvalue weighted by Gasteiger charge is 2.34. The largest absolute Gasteiger partial charge is 0.347 e. The molecule has 1 unspecified atom stereocenters. The molecule has 1 fully saturated rings. The summed E-state index contributed by atoms with van der Waals surface area (Å²) >= 11 is 0. The predicted octanol–water partition coefficient (Wildman–Crippen LogP) is 0.384. The third kappa shape index (κ3) is 2.82. The van der Waals surface area contributed by atoms with Crippen molar-refractivity contribution in [3.05, 3.63) is 11.7 Å². The van der Waals surface area contributed by atoms with Gasteiger partial charge in [-0.1, -0.05) is 5.16 Å². The smallest absolute Gasteiger partial charge is 0.246 e. The van der Waals surface area contributed by atoms with Crippen LogP contribution in [0.2, 0.25) is 0 Å². The molecule has 2 rings (SSSR count). The van der Waals surface area contributed by atoms with E-state index in [1.807, 2.05) is 6.92 Å². The molecular formula is C11H18N4O2. The average Bonchev–Trinajstić information content (AvgIpc) is 2.73. The first-order chi connectivity index (χ1) is 8.10. The molecule has 17 heavy (non-hydrogen) atoms. The van der Waals surface area contributed by atoms with E-state index >= 15 is 0 Å². The van der Waals surface area contributed by atoms with Gasteiger partial charge in [-0.3, -0.25) is 4.79 Å². The van der Waals surface area contributed by atoms with E-state index in [-0.39, 0.29) is 11.3 Å². The SMILES string of the molecule is Cc1noc(CNC(=O)C2(C)CCCNC2)n1. The maximum absolute atomic E-state index is 12.1. The van der Waals surface area contributed by atoms with Gasteiger partial charge in [-0.2, -0.15) is 4.98 Å². The summed E-state index contributed by atoms with van der Waals surface area (Å²) in [5, 5.41) is 9.77.